The van der Waals surface area contributed by atoms with Gasteiger partial charge in [0, 0.05) is 10.5 Å². The fourth-order valence-electron chi connectivity index (χ4n) is 2.99. The third kappa shape index (κ3) is 4.35. The van der Waals surface area contributed by atoms with Crippen molar-refractivity contribution in [3.8, 4) is 0 Å². The smallest absolute Gasteiger partial charge is 0.306 e. The van der Waals surface area contributed by atoms with Gasteiger partial charge in [-0.3, -0.25) is 9.59 Å². The Bertz CT molecular complexity index is 1360. The molecule has 2 aromatic heterocycles. The normalized spacial score (nSPS) is 13.6. The van der Waals surface area contributed by atoms with Crippen LogP contribution in [-0.4, -0.2) is 31.2 Å². The number of imide groups is 1. The quantitative estimate of drug-likeness (QED) is 0.380. The zero-order valence-electron chi connectivity index (χ0n) is 15.9. The van der Waals surface area contributed by atoms with Crippen LogP contribution < -0.4 is 14.9 Å². The molecule has 9 nitrogen and oxygen atoms in total. The van der Waals surface area contributed by atoms with Crippen molar-refractivity contribution in [3.05, 3.63) is 64.9 Å². The Morgan fingerprint density at radius 3 is 2.59 bits per heavy atom. The van der Waals surface area contributed by atoms with Crippen molar-refractivity contribution in [2.24, 2.45) is 0 Å². The molecule has 0 atom stereocenters. The maximum absolute atomic E-state index is 13.1. The van der Waals surface area contributed by atoms with Crippen LogP contribution in [0.2, 0.25) is 0 Å². The van der Waals surface area contributed by atoms with Gasteiger partial charge in [0.1, 0.15) is 10.0 Å². The number of benzene rings is 1. The number of thiophene rings is 1. The summed E-state index contributed by atoms with van der Waals surface area (Å²) in [5.41, 5.74) is 1.04. The summed E-state index contributed by atoms with van der Waals surface area (Å²) in [6.45, 7) is 0. The summed E-state index contributed by atoms with van der Waals surface area (Å²) in [7, 11) is -4.24. The number of sulfonamides is 1. The van der Waals surface area contributed by atoms with Gasteiger partial charge in [0.15, 0.2) is 5.13 Å². The Kier molecular flexibility index (Phi) is 5.71. The number of halogens is 1. The van der Waals surface area contributed by atoms with Crippen LogP contribution in [0.5, 0.6) is 0 Å². The van der Waals surface area contributed by atoms with E-state index in [9.17, 15) is 27.2 Å². The van der Waals surface area contributed by atoms with Crippen LogP contribution in [0, 0.1) is 5.13 Å². The number of amides is 4. The number of fused-ring (bicyclic) bond motifs is 1. The van der Waals surface area contributed by atoms with Gasteiger partial charge in [-0.1, -0.05) is 17.4 Å². The van der Waals surface area contributed by atoms with E-state index in [1.807, 2.05) is 0 Å². The van der Waals surface area contributed by atoms with Crippen LogP contribution >= 0.6 is 24.0 Å². The van der Waals surface area contributed by atoms with Crippen molar-refractivity contribution in [1.82, 2.24) is 9.71 Å². The summed E-state index contributed by atoms with van der Waals surface area (Å²) in [5, 5.41) is 1.56. The second-order valence-corrected chi connectivity index (χ2v) is 10.0. The van der Waals surface area contributed by atoms with Crippen molar-refractivity contribution >= 4 is 63.3 Å². The van der Waals surface area contributed by atoms with Crippen molar-refractivity contribution in [2.45, 2.75) is 15.5 Å². The molecule has 0 radical (unpaired) electrons. The Morgan fingerprint density at radius 2 is 1.94 bits per heavy atom. The molecule has 0 bridgehead atoms. The molecule has 1 aromatic carbocycles. The van der Waals surface area contributed by atoms with Gasteiger partial charge in [-0.15, -0.1) is 12.6 Å². The molecule has 0 aliphatic carbocycles. The minimum absolute atomic E-state index is 0.0143. The molecule has 32 heavy (non-hydrogen) atoms. The van der Waals surface area contributed by atoms with E-state index in [1.165, 1.54) is 12.1 Å². The van der Waals surface area contributed by atoms with E-state index >= 15 is 0 Å². The molecule has 1 aliphatic rings. The number of nitrogens with one attached hydrogen (secondary N) is 2. The van der Waals surface area contributed by atoms with Gasteiger partial charge in [-0.05, 0) is 42.0 Å². The summed E-state index contributed by atoms with van der Waals surface area (Å²) < 4.78 is 38.6. The lowest BCUT2D eigenvalue weighted by molar-refractivity contribution is -0.117. The van der Waals surface area contributed by atoms with E-state index < -0.39 is 33.0 Å². The Labute approximate surface area is 190 Å². The van der Waals surface area contributed by atoms with Crippen LogP contribution in [0.1, 0.15) is 15.9 Å². The first kappa shape index (κ1) is 21.9. The number of hydrogen-bond donors (Lipinski definition) is 3. The third-order valence-electron chi connectivity index (χ3n) is 4.39. The summed E-state index contributed by atoms with van der Waals surface area (Å²) in [6, 6.07) is 8.54. The Morgan fingerprint density at radius 1 is 1.16 bits per heavy atom. The van der Waals surface area contributed by atoms with Gasteiger partial charge < -0.3 is 5.32 Å². The van der Waals surface area contributed by atoms with Gasteiger partial charge in [-0.2, -0.15) is 4.39 Å². The monoisotopic (exact) mass is 492 g/mol. The third-order valence-corrected chi connectivity index (χ3v) is 7.37. The van der Waals surface area contributed by atoms with Crippen LogP contribution in [-0.2, 0) is 21.2 Å². The number of aromatic nitrogens is 1. The van der Waals surface area contributed by atoms with E-state index in [-0.39, 0.29) is 22.1 Å². The van der Waals surface area contributed by atoms with Crippen LogP contribution in [0.25, 0.3) is 0 Å². The van der Waals surface area contributed by atoms with Crippen molar-refractivity contribution in [1.29, 1.82) is 0 Å². The number of carbonyl (C=O) groups is 3. The van der Waals surface area contributed by atoms with E-state index in [1.54, 1.807) is 22.9 Å². The highest BCUT2D eigenvalue weighted by molar-refractivity contribution is 7.92. The number of carbonyl (C=O) groups excluding carboxylic acids is 3. The standard InChI is InChI=1S/C19H13FN4O5S3/c20-14-4-6-17(31-14)32(28,29)23-19(27)22-11-2-5-15(21-9-11)24-16(25)7-10-1-3-12(30)8-13(10)18(24)26/h1-6,8-9,30H,7H2,(H2,22,23,27). The molecule has 4 amide bonds. The average molecular weight is 493 g/mol. The van der Waals surface area contributed by atoms with Gasteiger partial charge in [0.25, 0.3) is 15.9 Å². The molecule has 0 fully saturated rings. The lowest BCUT2D eigenvalue weighted by Gasteiger charge is -2.26. The molecule has 13 heteroatoms. The maximum Gasteiger partial charge on any atom is 0.333 e. The fraction of sp³-hybridized carbons (Fsp3) is 0.0526. The highest BCUT2D eigenvalue weighted by Gasteiger charge is 2.33. The first-order valence-corrected chi connectivity index (χ1v) is 11.6. The van der Waals surface area contributed by atoms with Crippen molar-refractivity contribution in [2.75, 3.05) is 10.2 Å². The molecule has 164 valence electrons. The van der Waals surface area contributed by atoms with Gasteiger partial charge in [0.05, 0.1) is 18.3 Å². The van der Waals surface area contributed by atoms with Crippen molar-refractivity contribution in [3.63, 3.8) is 0 Å². The van der Waals surface area contributed by atoms with E-state index in [0.717, 1.165) is 23.2 Å². The summed E-state index contributed by atoms with van der Waals surface area (Å²) in [6.07, 6.45) is 1.18. The summed E-state index contributed by atoms with van der Waals surface area (Å²) in [4.78, 5) is 42.8. The number of pyridine rings is 1. The molecular weight excluding hydrogens is 479 g/mol. The van der Waals surface area contributed by atoms with Crippen molar-refractivity contribution < 1.29 is 27.2 Å². The zero-order valence-corrected chi connectivity index (χ0v) is 18.4. The molecule has 3 heterocycles. The molecule has 0 unspecified atom stereocenters. The highest BCUT2D eigenvalue weighted by atomic mass is 32.2. The largest absolute Gasteiger partial charge is 0.333 e. The van der Waals surface area contributed by atoms with Gasteiger partial charge in [-0.25, -0.2) is 27.8 Å². The van der Waals surface area contributed by atoms with Gasteiger partial charge >= 0.3 is 6.03 Å². The lowest BCUT2D eigenvalue weighted by Crippen LogP contribution is -2.43. The second-order valence-electron chi connectivity index (χ2n) is 6.58. The lowest BCUT2D eigenvalue weighted by atomic mass is 9.98. The minimum Gasteiger partial charge on any atom is -0.306 e. The van der Waals surface area contributed by atoms with Crippen LogP contribution in [0.15, 0.2) is 57.8 Å². The second kappa shape index (κ2) is 8.33. The maximum atomic E-state index is 13.1. The van der Waals surface area contributed by atoms with E-state index in [0.29, 0.717) is 27.4 Å². The molecule has 0 saturated heterocycles. The van der Waals surface area contributed by atoms with E-state index in [4.69, 9.17) is 0 Å². The fourth-order valence-corrected chi connectivity index (χ4v) is 5.10. The number of thiol groups is 1. The first-order chi connectivity index (χ1) is 15.1. The highest BCUT2D eigenvalue weighted by Crippen LogP contribution is 2.26. The Balaban J connectivity index is 1.48. The average Bonchev–Trinajstić information content (AvgIpc) is 3.17. The van der Waals surface area contributed by atoms with E-state index in [2.05, 4.69) is 22.9 Å². The number of rotatable bonds is 4. The van der Waals surface area contributed by atoms with Crippen LogP contribution in [0.3, 0.4) is 0 Å². The summed E-state index contributed by atoms with van der Waals surface area (Å²) in [5.74, 6) is -0.968. The van der Waals surface area contributed by atoms with Gasteiger partial charge in [0.2, 0.25) is 5.91 Å². The molecular formula is C19H13FN4O5S3. The molecule has 1 aliphatic heterocycles. The molecule has 2 N–H and O–H groups in total. The molecule has 3 aromatic rings. The minimum atomic E-state index is -4.24. The SMILES string of the molecule is O=C(Nc1ccc(N2C(=O)Cc3ccc(S)cc3C2=O)nc1)NS(=O)(=O)c1ccc(F)s1. The topological polar surface area (TPSA) is 126 Å². The molecule has 0 spiro atoms. The number of urea groups is 1. The number of hydrogen-bond acceptors (Lipinski definition) is 8. The summed E-state index contributed by atoms with van der Waals surface area (Å²) >= 11 is 4.59. The zero-order chi connectivity index (χ0) is 23.0. The Hall–Kier alpha value is -3.29. The number of nitrogens with zero attached hydrogens (tertiary/aromatic N) is 2. The molecule has 4 rings (SSSR count). The first-order valence-electron chi connectivity index (χ1n) is 8.88. The molecule has 0 saturated carbocycles. The predicted molar refractivity (Wildman–Crippen MR) is 117 cm³/mol. The van der Waals surface area contributed by atoms with Crippen LogP contribution in [0.4, 0.5) is 20.7 Å². The predicted octanol–water partition coefficient (Wildman–Crippen LogP) is 2.81. The number of anilines is 2.